The van der Waals surface area contributed by atoms with Crippen molar-refractivity contribution in [2.75, 3.05) is 56.7 Å². The molecule has 3 fully saturated rings. The molecule has 3 heterocycles. The van der Waals surface area contributed by atoms with E-state index in [0.29, 0.717) is 18.6 Å². The summed E-state index contributed by atoms with van der Waals surface area (Å²) in [6.07, 6.45) is 6.59. The fourth-order valence-corrected chi connectivity index (χ4v) is 4.06. The minimum atomic E-state index is -0.00743. The van der Waals surface area contributed by atoms with Gasteiger partial charge in [-0.1, -0.05) is 0 Å². The number of carbonyl (C=O) groups excluding carboxylic acids is 1. The summed E-state index contributed by atoms with van der Waals surface area (Å²) < 4.78 is 5.63. The number of hydrogen-bond donors (Lipinski definition) is 1. The summed E-state index contributed by atoms with van der Waals surface area (Å²) in [5.74, 6) is 2.01. The van der Waals surface area contributed by atoms with Crippen LogP contribution in [0, 0.1) is 0 Å². The van der Waals surface area contributed by atoms with E-state index in [9.17, 15) is 4.79 Å². The molecule has 0 spiro atoms. The van der Waals surface area contributed by atoms with Crippen molar-refractivity contribution >= 4 is 17.5 Å². The lowest BCUT2D eigenvalue weighted by atomic mass is 10.0. The molecule has 8 nitrogen and oxygen atoms in total. The summed E-state index contributed by atoms with van der Waals surface area (Å²) in [7, 11) is 4.03. The molecule has 1 saturated carbocycles. The molecule has 2 saturated heterocycles. The van der Waals surface area contributed by atoms with Gasteiger partial charge in [-0.05, 0) is 25.7 Å². The highest BCUT2D eigenvalue weighted by Gasteiger charge is 2.37. The van der Waals surface area contributed by atoms with Gasteiger partial charge >= 0.3 is 0 Å². The second kappa shape index (κ2) is 7.98. The topological polar surface area (TPSA) is 73.8 Å². The first-order chi connectivity index (χ1) is 13.1. The van der Waals surface area contributed by atoms with E-state index in [-0.39, 0.29) is 18.6 Å². The number of rotatable bonds is 6. The quantitative estimate of drug-likeness (QED) is 0.777. The molecule has 0 bridgehead atoms. The standard InChI is InChI=1S/C19H30N6O2/c1-23(2)17-9-18(22-13-21-17)25(14-3-4-14)15-5-7-24(8-6-15)11-16-10-20-19(26)12-27-16/h9,13-16H,3-8,10-12H2,1-2H3,(H,20,26). The predicted molar refractivity (Wildman–Crippen MR) is 104 cm³/mol. The average Bonchev–Trinajstić information content (AvgIpc) is 3.50. The first-order valence-electron chi connectivity index (χ1n) is 9.98. The van der Waals surface area contributed by atoms with E-state index >= 15 is 0 Å². The molecule has 3 aliphatic rings. The van der Waals surface area contributed by atoms with E-state index in [1.165, 1.54) is 12.8 Å². The number of amides is 1. The Bertz CT molecular complexity index is 647. The Kier molecular flexibility index (Phi) is 5.45. The Morgan fingerprint density at radius 1 is 1.15 bits per heavy atom. The number of nitrogens with one attached hydrogen (secondary N) is 1. The van der Waals surface area contributed by atoms with Crippen molar-refractivity contribution in [2.24, 2.45) is 0 Å². The molecule has 27 heavy (non-hydrogen) atoms. The van der Waals surface area contributed by atoms with Gasteiger partial charge < -0.3 is 24.8 Å². The highest BCUT2D eigenvalue weighted by Crippen LogP contribution is 2.36. The van der Waals surface area contributed by atoms with Crippen molar-refractivity contribution in [3.8, 4) is 0 Å². The number of aromatic nitrogens is 2. The van der Waals surface area contributed by atoms with Gasteiger partial charge in [0.05, 0.1) is 6.10 Å². The number of anilines is 2. The number of nitrogens with zero attached hydrogens (tertiary/aromatic N) is 5. The average molecular weight is 374 g/mol. The van der Waals surface area contributed by atoms with E-state index in [1.54, 1.807) is 6.33 Å². The van der Waals surface area contributed by atoms with Crippen molar-refractivity contribution in [1.29, 1.82) is 0 Å². The minimum Gasteiger partial charge on any atom is -0.365 e. The van der Waals surface area contributed by atoms with Crippen LogP contribution in [0.1, 0.15) is 25.7 Å². The number of likely N-dealkylation sites (tertiary alicyclic amines) is 1. The van der Waals surface area contributed by atoms with Gasteiger partial charge in [-0.15, -0.1) is 0 Å². The number of morpholine rings is 1. The summed E-state index contributed by atoms with van der Waals surface area (Å²) in [6.45, 7) is 3.84. The normalized spacial score (nSPS) is 24.5. The second-order valence-electron chi connectivity index (χ2n) is 8.04. The van der Waals surface area contributed by atoms with Gasteiger partial charge in [-0.25, -0.2) is 9.97 Å². The van der Waals surface area contributed by atoms with E-state index in [1.807, 2.05) is 19.0 Å². The van der Waals surface area contributed by atoms with Crippen molar-refractivity contribution < 1.29 is 9.53 Å². The monoisotopic (exact) mass is 374 g/mol. The summed E-state index contributed by atoms with van der Waals surface area (Å²) in [5.41, 5.74) is 0. The molecular formula is C19H30N6O2. The van der Waals surface area contributed by atoms with Crippen LogP contribution in [0.3, 0.4) is 0 Å². The van der Waals surface area contributed by atoms with Gasteiger partial charge in [0.25, 0.3) is 0 Å². The fraction of sp³-hybridized carbons (Fsp3) is 0.737. The smallest absolute Gasteiger partial charge is 0.246 e. The molecule has 0 radical (unpaired) electrons. The number of carbonyl (C=O) groups is 1. The molecule has 8 heteroatoms. The van der Waals surface area contributed by atoms with Gasteiger partial charge in [0.2, 0.25) is 5.91 Å². The molecule has 4 rings (SSSR count). The van der Waals surface area contributed by atoms with Crippen LogP contribution in [0.15, 0.2) is 12.4 Å². The molecule has 1 aromatic heterocycles. The Balaban J connectivity index is 1.35. The Morgan fingerprint density at radius 2 is 1.85 bits per heavy atom. The van der Waals surface area contributed by atoms with Crippen LogP contribution in [0.2, 0.25) is 0 Å². The van der Waals surface area contributed by atoms with Gasteiger partial charge in [-0.2, -0.15) is 0 Å². The maximum atomic E-state index is 11.2. The SMILES string of the molecule is CN(C)c1cc(N(C2CC2)C2CCN(CC3CNC(=O)CO3)CC2)ncn1. The van der Waals surface area contributed by atoms with E-state index in [4.69, 9.17) is 4.74 Å². The van der Waals surface area contributed by atoms with Crippen LogP contribution in [0.5, 0.6) is 0 Å². The summed E-state index contributed by atoms with van der Waals surface area (Å²) in [5, 5.41) is 2.89. The third-order valence-electron chi connectivity index (χ3n) is 5.69. The summed E-state index contributed by atoms with van der Waals surface area (Å²) in [4.78, 5) is 27.2. The lowest BCUT2D eigenvalue weighted by Crippen LogP contribution is -2.51. The molecule has 148 valence electrons. The lowest BCUT2D eigenvalue weighted by Gasteiger charge is -2.40. The molecule has 1 atom stereocenters. The van der Waals surface area contributed by atoms with Crippen LogP contribution in [-0.2, 0) is 9.53 Å². The first-order valence-corrected chi connectivity index (χ1v) is 9.98. The van der Waals surface area contributed by atoms with Crippen molar-refractivity contribution in [2.45, 2.75) is 43.9 Å². The number of ether oxygens (including phenoxy) is 1. The summed E-state index contributed by atoms with van der Waals surface area (Å²) in [6, 6.07) is 3.28. The van der Waals surface area contributed by atoms with Gasteiger partial charge in [0.1, 0.15) is 24.6 Å². The summed E-state index contributed by atoms with van der Waals surface area (Å²) >= 11 is 0. The molecular weight excluding hydrogens is 344 g/mol. The molecule has 1 N–H and O–H groups in total. The molecule has 1 aliphatic carbocycles. The number of piperidine rings is 1. The second-order valence-corrected chi connectivity index (χ2v) is 8.04. The maximum Gasteiger partial charge on any atom is 0.246 e. The van der Waals surface area contributed by atoms with Crippen LogP contribution in [0.25, 0.3) is 0 Å². The van der Waals surface area contributed by atoms with Gasteiger partial charge in [0, 0.05) is 58.4 Å². The van der Waals surface area contributed by atoms with E-state index < -0.39 is 0 Å². The third-order valence-corrected chi connectivity index (χ3v) is 5.69. The first kappa shape index (κ1) is 18.4. The fourth-order valence-electron chi connectivity index (χ4n) is 4.06. The predicted octanol–water partition coefficient (Wildman–Crippen LogP) is 0.491. The zero-order valence-electron chi connectivity index (χ0n) is 16.3. The van der Waals surface area contributed by atoms with E-state index in [2.05, 4.69) is 31.2 Å². The zero-order valence-corrected chi connectivity index (χ0v) is 16.3. The molecule has 0 aromatic carbocycles. The Labute approximate surface area is 160 Å². The molecule has 1 unspecified atom stereocenters. The van der Waals surface area contributed by atoms with Crippen LogP contribution < -0.4 is 15.1 Å². The molecule has 2 aliphatic heterocycles. The molecule has 1 aromatic rings. The van der Waals surface area contributed by atoms with Crippen molar-refractivity contribution in [1.82, 2.24) is 20.2 Å². The zero-order chi connectivity index (χ0) is 18.8. The Morgan fingerprint density at radius 3 is 2.48 bits per heavy atom. The van der Waals surface area contributed by atoms with Crippen LogP contribution >= 0.6 is 0 Å². The largest absolute Gasteiger partial charge is 0.365 e. The van der Waals surface area contributed by atoms with Gasteiger partial charge in [0.15, 0.2) is 0 Å². The Hall–Kier alpha value is -1.93. The highest BCUT2D eigenvalue weighted by molar-refractivity contribution is 5.77. The van der Waals surface area contributed by atoms with Gasteiger partial charge in [-0.3, -0.25) is 4.79 Å². The van der Waals surface area contributed by atoms with Crippen molar-refractivity contribution in [3.63, 3.8) is 0 Å². The lowest BCUT2D eigenvalue weighted by molar-refractivity contribution is -0.133. The maximum absolute atomic E-state index is 11.2. The third kappa shape index (κ3) is 4.50. The minimum absolute atomic E-state index is 0.00743. The van der Waals surface area contributed by atoms with Crippen molar-refractivity contribution in [3.05, 3.63) is 12.4 Å². The number of hydrogen-bond acceptors (Lipinski definition) is 7. The highest BCUT2D eigenvalue weighted by atomic mass is 16.5. The molecule has 1 amide bonds. The van der Waals surface area contributed by atoms with Crippen LogP contribution in [-0.4, -0.2) is 85.8 Å². The van der Waals surface area contributed by atoms with Crippen LogP contribution in [0.4, 0.5) is 11.6 Å². The van der Waals surface area contributed by atoms with E-state index in [0.717, 1.165) is 44.1 Å².